The summed E-state index contributed by atoms with van der Waals surface area (Å²) < 4.78 is 27.4. The van der Waals surface area contributed by atoms with Crippen molar-refractivity contribution in [2.75, 3.05) is 24.7 Å². The third-order valence-electron chi connectivity index (χ3n) is 2.12. The van der Waals surface area contributed by atoms with Gasteiger partial charge in [0.05, 0.1) is 8.68 Å². The molecule has 1 aromatic heterocycles. The van der Waals surface area contributed by atoms with Gasteiger partial charge in [0.25, 0.3) is 0 Å². The van der Waals surface area contributed by atoms with Gasteiger partial charge in [0.2, 0.25) is 10.0 Å². The molecule has 0 aliphatic rings. The fourth-order valence-electron chi connectivity index (χ4n) is 1.29. The van der Waals surface area contributed by atoms with Gasteiger partial charge < -0.3 is 5.11 Å². The summed E-state index contributed by atoms with van der Waals surface area (Å²) in [6, 6.07) is 1.63. The van der Waals surface area contributed by atoms with Crippen molar-refractivity contribution in [3.05, 3.63) is 14.7 Å². The Balaban J connectivity index is 2.43. The van der Waals surface area contributed by atoms with Crippen molar-refractivity contribution in [2.24, 2.45) is 0 Å². The Labute approximate surface area is 124 Å². The largest absolute Gasteiger partial charge is 0.396 e. The average molecular weight is 374 g/mol. The molecule has 0 spiro atoms. The smallest absolute Gasteiger partial charge is 0.241 e. The van der Waals surface area contributed by atoms with Gasteiger partial charge in [-0.2, -0.15) is 11.8 Å². The molecular weight excluding hydrogens is 358 g/mol. The number of thiophene rings is 1. The molecule has 0 amide bonds. The molecule has 1 aromatic rings. The zero-order valence-corrected chi connectivity index (χ0v) is 14.0. The SMILES string of the molecule is Cc1sc(Br)cc1S(=O)(=O)NCCSCCCO. The Bertz CT molecular complexity index is 473. The van der Waals surface area contributed by atoms with Crippen LogP contribution in [0.15, 0.2) is 14.7 Å². The van der Waals surface area contributed by atoms with Crippen molar-refractivity contribution in [3.63, 3.8) is 0 Å². The average Bonchev–Trinajstić information content (AvgIpc) is 2.63. The maximum Gasteiger partial charge on any atom is 0.241 e. The topological polar surface area (TPSA) is 66.4 Å². The molecule has 0 aromatic carbocycles. The molecule has 2 N–H and O–H groups in total. The molecule has 0 saturated carbocycles. The van der Waals surface area contributed by atoms with Gasteiger partial charge in [-0.05, 0) is 41.1 Å². The maximum absolute atomic E-state index is 12.0. The highest BCUT2D eigenvalue weighted by molar-refractivity contribution is 9.11. The molecule has 0 saturated heterocycles. The van der Waals surface area contributed by atoms with E-state index < -0.39 is 10.0 Å². The van der Waals surface area contributed by atoms with E-state index in [-0.39, 0.29) is 6.61 Å². The second kappa shape index (κ2) is 7.86. The minimum absolute atomic E-state index is 0.181. The third kappa shape index (κ3) is 5.18. The van der Waals surface area contributed by atoms with Crippen LogP contribution in [0, 0.1) is 6.92 Å². The van der Waals surface area contributed by atoms with Crippen molar-refractivity contribution in [1.82, 2.24) is 4.72 Å². The molecule has 0 aliphatic carbocycles. The van der Waals surface area contributed by atoms with Crippen LogP contribution < -0.4 is 4.72 Å². The maximum atomic E-state index is 12.0. The first kappa shape index (κ1) is 16.5. The molecule has 104 valence electrons. The first-order chi connectivity index (χ1) is 8.47. The summed E-state index contributed by atoms with van der Waals surface area (Å²) in [5, 5.41) is 8.61. The number of aliphatic hydroxyl groups excluding tert-OH is 1. The van der Waals surface area contributed by atoms with Gasteiger partial charge in [-0.15, -0.1) is 11.3 Å². The van der Waals surface area contributed by atoms with E-state index in [0.29, 0.717) is 17.2 Å². The summed E-state index contributed by atoms with van der Waals surface area (Å²) in [5.74, 6) is 1.56. The molecule has 0 radical (unpaired) electrons. The van der Waals surface area contributed by atoms with E-state index in [4.69, 9.17) is 5.11 Å². The Kier molecular flexibility index (Phi) is 7.19. The number of rotatable bonds is 8. The Morgan fingerprint density at radius 3 is 2.78 bits per heavy atom. The summed E-state index contributed by atoms with van der Waals surface area (Å²) in [7, 11) is -3.40. The second-order valence-corrected chi connectivity index (χ2v) is 9.15. The Morgan fingerprint density at radius 2 is 2.22 bits per heavy atom. The number of aliphatic hydroxyl groups is 1. The zero-order chi connectivity index (χ0) is 13.6. The van der Waals surface area contributed by atoms with Crippen LogP contribution in [0.5, 0.6) is 0 Å². The van der Waals surface area contributed by atoms with Gasteiger partial charge in [-0.3, -0.25) is 0 Å². The van der Waals surface area contributed by atoms with Crippen LogP contribution in [-0.4, -0.2) is 38.2 Å². The van der Waals surface area contributed by atoms with Gasteiger partial charge in [-0.25, -0.2) is 13.1 Å². The quantitative estimate of drug-likeness (QED) is 0.685. The monoisotopic (exact) mass is 373 g/mol. The highest BCUT2D eigenvalue weighted by Gasteiger charge is 2.18. The number of sulfonamides is 1. The normalized spacial score (nSPS) is 11.9. The molecule has 4 nitrogen and oxygen atoms in total. The lowest BCUT2D eigenvalue weighted by atomic mass is 10.5. The number of thioether (sulfide) groups is 1. The van der Waals surface area contributed by atoms with E-state index in [0.717, 1.165) is 20.8 Å². The first-order valence-electron chi connectivity index (χ1n) is 5.41. The highest BCUT2D eigenvalue weighted by Crippen LogP contribution is 2.29. The van der Waals surface area contributed by atoms with Crippen LogP contribution in [0.1, 0.15) is 11.3 Å². The third-order valence-corrected chi connectivity index (χ3v) is 6.46. The fraction of sp³-hybridized carbons (Fsp3) is 0.600. The lowest BCUT2D eigenvalue weighted by Crippen LogP contribution is -2.26. The highest BCUT2D eigenvalue weighted by atomic mass is 79.9. The lowest BCUT2D eigenvalue weighted by molar-refractivity contribution is 0.296. The van der Waals surface area contributed by atoms with Crippen molar-refractivity contribution in [2.45, 2.75) is 18.2 Å². The fourth-order valence-corrected chi connectivity index (χ4v) is 5.65. The van der Waals surface area contributed by atoms with E-state index in [9.17, 15) is 8.42 Å². The number of hydrogen-bond donors (Lipinski definition) is 2. The van der Waals surface area contributed by atoms with E-state index in [2.05, 4.69) is 20.7 Å². The molecule has 0 aliphatic heterocycles. The van der Waals surface area contributed by atoms with E-state index in [1.54, 1.807) is 24.8 Å². The molecule has 8 heteroatoms. The Hall–Kier alpha value is 0.400. The van der Waals surface area contributed by atoms with Crippen molar-refractivity contribution >= 4 is 49.1 Å². The van der Waals surface area contributed by atoms with E-state index >= 15 is 0 Å². The molecule has 18 heavy (non-hydrogen) atoms. The summed E-state index contributed by atoms with van der Waals surface area (Å²) in [6.07, 6.45) is 0.744. The molecule has 1 heterocycles. The molecule has 0 unspecified atom stereocenters. The van der Waals surface area contributed by atoms with Gasteiger partial charge >= 0.3 is 0 Å². The predicted octanol–water partition coefficient (Wildman–Crippen LogP) is 2.21. The summed E-state index contributed by atoms with van der Waals surface area (Å²) in [4.78, 5) is 1.13. The van der Waals surface area contributed by atoms with Crippen LogP contribution in [0.25, 0.3) is 0 Å². The number of hydrogen-bond acceptors (Lipinski definition) is 5. The predicted molar refractivity (Wildman–Crippen MR) is 81.0 cm³/mol. The van der Waals surface area contributed by atoms with E-state index in [1.807, 2.05) is 0 Å². The summed E-state index contributed by atoms with van der Waals surface area (Å²) in [5.41, 5.74) is 0. The van der Waals surface area contributed by atoms with Gasteiger partial charge in [0.15, 0.2) is 0 Å². The van der Waals surface area contributed by atoms with Gasteiger partial charge in [-0.1, -0.05) is 0 Å². The summed E-state index contributed by atoms with van der Waals surface area (Å²) >= 11 is 6.32. The van der Waals surface area contributed by atoms with Crippen molar-refractivity contribution in [3.8, 4) is 0 Å². The van der Waals surface area contributed by atoms with Crippen LogP contribution in [-0.2, 0) is 10.0 Å². The number of aryl methyl sites for hydroxylation is 1. The molecule has 0 atom stereocenters. The lowest BCUT2D eigenvalue weighted by Gasteiger charge is -2.05. The molecular formula is C10H16BrNO3S3. The minimum atomic E-state index is -3.40. The number of nitrogens with one attached hydrogen (secondary N) is 1. The standard InChI is InChI=1S/C10H16BrNO3S3/c1-8-9(7-10(11)17-8)18(14,15)12-3-6-16-5-2-4-13/h7,12-13H,2-6H2,1H3. The zero-order valence-electron chi connectivity index (χ0n) is 9.98. The van der Waals surface area contributed by atoms with Crippen LogP contribution >= 0.6 is 39.0 Å². The van der Waals surface area contributed by atoms with Gasteiger partial charge in [0, 0.05) is 23.8 Å². The number of halogens is 1. The molecule has 0 bridgehead atoms. The van der Waals surface area contributed by atoms with Crippen molar-refractivity contribution in [1.29, 1.82) is 0 Å². The minimum Gasteiger partial charge on any atom is -0.396 e. The summed E-state index contributed by atoms with van der Waals surface area (Å²) in [6.45, 7) is 2.38. The second-order valence-electron chi connectivity index (χ2n) is 3.56. The molecule has 0 fully saturated rings. The van der Waals surface area contributed by atoms with E-state index in [1.165, 1.54) is 11.3 Å². The first-order valence-corrected chi connectivity index (χ1v) is 9.66. The van der Waals surface area contributed by atoms with Crippen LogP contribution in [0.4, 0.5) is 0 Å². The Morgan fingerprint density at radius 1 is 1.50 bits per heavy atom. The molecule has 1 rings (SSSR count). The van der Waals surface area contributed by atoms with Gasteiger partial charge in [0.1, 0.15) is 0 Å². The van der Waals surface area contributed by atoms with Crippen molar-refractivity contribution < 1.29 is 13.5 Å². The van der Waals surface area contributed by atoms with Crippen LogP contribution in [0.3, 0.4) is 0 Å². The van der Waals surface area contributed by atoms with Crippen LogP contribution in [0.2, 0.25) is 0 Å².